The highest BCUT2D eigenvalue weighted by Crippen LogP contribution is 2.36. The van der Waals surface area contributed by atoms with Crippen LogP contribution in [0.4, 0.5) is 13.2 Å². The van der Waals surface area contributed by atoms with Gasteiger partial charge in [-0.1, -0.05) is 29.8 Å². The van der Waals surface area contributed by atoms with E-state index < -0.39 is 11.7 Å². The quantitative estimate of drug-likeness (QED) is 0.759. The molecule has 23 heavy (non-hydrogen) atoms. The molecule has 0 unspecified atom stereocenters. The van der Waals surface area contributed by atoms with Crippen LogP contribution >= 0.6 is 11.6 Å². The number of rotatable bonds is 4. The molecular weight excluding hydrogens is 331 g/mol. The molecule has 122 valence electrons. The lowest BCUT2D eigenvalue weighted by atomic mass is 10.1. The highest BCUT2D eigenvalue weighted by Gasteiger charge is 2.31. The number of nitrogens with zero attached hydrogens (tertiary/aromatic N) is 1. The van der Waals surface area contributed by atoms with Crippen LogP contribution in [0.25, 0.3) is 0 Å². The van der Waals surface area contributed by atoms with Gasteiger partial charge in [0.2, 0.25) is 5.88 Å². The maximum Gasteiger partial charge on any atom is 0.417 e. The molecule has 0 saturated carbocycles. The van der Waals surface area contributed by atoms with Crippen molar-refractivity contribution in [2.75, 3.05) is 0 Å². The molecule has 0 amide bonds. The Morgan fingerprint density at radius 2 is 2.04 bits per heavy atom. The number of ether oxygens (including phenoxy) is 1. The average molecular weight is 344 g/mol. The fourth-order valence-corrected chi connectivity index (χ4v) is 2.07. The molecule has 1 aromatic heterocycles. The molecule has 0 saturated heterocycles. The van der Waals surface area contributed by atoms with Crippen molar-refractivity contribution in [2.24, 2.45) is 0 Å². The Hall–Kier alpha value is -2.21. The topological polar surface area (TPSA) is 42.4 Å². The Kier molecular flexibility index (Phi) is 4.85. The Morgan fingerprint density at radius 1 is 1.35 bits per heavy atom. The summed E-state index contributed by atoms with van der Waals surface area (Å²) in [6.45, 7) is 5.61. The lowest BCUT2D eigenvalue weighted by Crippen LogP contribution is -2.06. The minimum absolute atomic E-state index is 0.0477. The molecule has 1 heterocycles. The maximum atomic E-state index is 12.6. The maximum absolute atomic E-state index is 12.6. The van der Waals surface area contributed by atoms with Crippen LogP contribution in [0.1, 0.15) is 18.1 Å². The van der Waals surface area contributed by atoms with Gasteiger partial charge in [0.15, 0.2) is 0 Å². The van der Waals surface area contributed by atoms with Gasteiger partial charge in [-0.3, -0.25) is 0 Å². The normalized spacial score (nSPS) is 11.3. The molecule has 2 rings (SSSR count). The zero-order chi connectivity index (χ0) is 17.2. The number of aromatic hydroxyl groups is 1. The van der Waals surface area contributed by atoms with Crippen molar-refractivity contribution in [1.29, 1.82) is 0 Å². The lowest BCUT2D eigenvalue weighted by Gasteiger charge is -2.13. The van der Waals surface area contributed by atoms with Gasteiger partial charge in [0, 0.05) is 12.3 Å². The number of alkyl halides is 3. The summed E-state index contributed by atoms with van der Waals surface area (Å²) in [6.07, 6.45) is -3.42. The minimum atomic E-state index is -4.54. The Balaban J connectivity index is 2.36. The minimum Gasteiger partial charge on any atom is -0.508 e. The number of halogens is 4. The van der Waals surface area contributed by atoms with Crippen LogP contribution in [0.15, 0.2) is 42.6 Å². The van der Waals surface area contributed by atoms with Gasteiger partial charge in [-0.2, -0.15) is 13.2 Å². The van der Waals surface area contributed by atoms with Crippen LogP contribution in [0.3, 0.4) is 0 Å². The molecule has 3 nitrogen and oxygen atoms in total. The molecule has 0 spiro atoms. The number of hydrogen-bond acceptors (Lipinski definition) is 3. The third-order valence-corrected chi connectivity index (χ3v) is 3.16. The SMILES string of the molecule is C=C(C)Cc1ccc(O)cc1Oc1ncc(C(F)(F)F)cc1Cl. The van der Waals surface area contributed by atoms with E-state index in [9.17, 15) is 18.3 Å². The number of allylic oxidation sites excluding steroid dienone is 1. The molecule has 1 aromatic carbocycles. The molecule has 2 aromatic rings. The average Bonchev–Trinajstić information content (AvgIpc) is 2.42. The second-order valence-electron chi connectivity index (χ2n) is 5.04. The molecule has 7 heteroatoms. The van der Waals surface area contributed by atoms with Crippen LogP contribution in [0, 0.1) is 0 Å². The van der Waals surface area contributed by atoms with E-state index in [1.54, 1.807) is 6.07 Å². The van der Waals surface area contributed by atoms with Gasteiger partial charge in [0.25, 0.3) is 0 Å². The predicted molar refractivity (Wildman–Crippen MR) is 80.9 cm³/mol. The summed E-state index contributed by atoms with van der Waals surface area (Å²) in [4.78, 5) is 3.61. The largest absolute Gasteiger partial charge is 0.508 e. The second-order valence-corrected chi connectivity index (χ2v) is 5.44. The van der Waals surface area contributed by atoms with Crippen LogP contribution in [0.5, 0.6) is 17.4 Å². The van der Waals surface area contributed by atoms with Gasteiger partial charge in [0.1, 0.15) is 16.5 Å². The van der Waals surface area contributed by atoms with Crippen molar-refractivity contribution >= 4 is 11.6 Å². The first-order valence-electron chi connectivity index (χ1n) is 6.53. The number of phenols is 1. The van der Waals surface area contributed by atoms with Crippen molar-refractivity contribution in [3.63, 3.8) is 0 Å². The monoisotopic (exact) mass is 343 g/mol. The van der Waals surface area contributed by atoms with Gasteiger partial charge < -0.3 is 9.84 Å². The summed E-state index contributed by atoms with van der Waals surface area (Å²) in [6, 6.07) is 5.20. The molecule has 0 atom stereocenters. The van der Waals surface area contributed by atoms with Gasteiger partial charge in [-0.25, -0.2) is 4.98 Å². The third-order valence-electron chi connectivity index (χ3n) is 2.88. The summed E-state index contributed by atoms with van der Waals surface area (Å²) in [5.41, 5.74) is 0.591. The molecule has 0 aliphatic carbocycles. The van der Waals surface area contributed by atoms with Gasteiger partial charge in [-0.15, -0.1) is 0 Å². The van der Waals surface area contributed by atoms with E-state index in [0.29, 0.717) is 18.2 Å². The Labute approximate surface area is 136 Å². The van der Waals surface area contributed by atoms with Crippen molar-refractivity contribution in [1.82, 2.24) is 4.98 Å². The fraction of sp³-hybridized carbons (Fsp3) is 0.188. The number of aromatic nitrogens is 1. The summed E-state index contributed by atoms with van der Waals surface area (Å²) < 4.78 is 43.3. The van der Waals surface area contributed by atoms with E-state index in [4.69, 9.17) is 16.3 Å². The summed E-state index contributed by atoms with van der Waals surface area (Å²) in [5, 5.41) is 9.29. The van der Waals surface area contributed by atoms with Crippen LogP contribution in [-0.2, 0) is 12.6 Å². The number of hydrogen-bond donors (Lipinski definition) is 1. The van der Waals surface area contributed by atoms with E-state index in [1.165, 1.54) is 12.1 Å². The smallest absolute Gasteiger partial charge is 0.417 e. The summed E-state index contributed by atoms with van der Waals surface area (Å²) in [7, 11) is 0. The zero-order valence-electron chi connectivity index (χ0n) is 12.1. The van der Waals surface area contributed by atoms with Crippen LogP contribution < -0.4 is 4.74 Å². The first-order valence-corrected chi connectivity index (χ1v) is 6.91. The highest BCUT2D eigenvalue weighted by molar-refractivity contribution is 6.31. The third kappa shape index (κ3) is 4.39. The van der Waals surface area contributed by atoms with E-state index >= 15 is 0 Å². The van der Waals surface area contributed by atoms with E-state index in [0.717, 1.165) is 11.6 Å². The molecule has 0 aliphatic heterocycles. The van der Waals surface area contributed by atoms with E-state index in [1.807, 2.05) is 6.92 Å². The number of pyridine rings is 1. The molecular formula is C16H13ClF3NO2. The second kappa shape index (κ2) is 6.50. The van der Waals surface area contributed by atoms with Gasteiger partial charge in [0.05, 0.1) is 5.56 Å². The van der Waals surface area contributed by atoms with Crippen LogP contribution in [-0.4, -0.2) is 10.1 Å². The zero-order valence-corrected chi connectivity index (χ0v) is 12.9. The molecule has 1 N–H and O–H groups in total. The summed E-state index contributed by atoms with van der Waals surface area (Å²) >= 11 is 5.82. The molecule has 0 fully saturated rings. The van der Waals surface area contributed by atoms with E-state index in [-0.39, 0.29) is 22.4 Å². The number of benzene rings is 1. The lowest BCUT2D eigenvalue weighted by molar-refractivity contribution is -0.137. The number of phenolic OH excluding ortho intramolecular Hbond substituents is 1. The van der Waals surface area contributed by atoms with Crippen molar-refractivity contribution in [3.05, 3.63) is 58.8 Å². The van der Waals surface area contributed by atoms with Gasteiger partial charge >= 0.3 is 6.18 Å². The Bertz CT molecular complexity index is 745. The molecule has 0 bridgehead atoms. The predicted octanol–water partition coefficient (Wildman–Crippen LogP) is 5.37. The van der Waals surface area contributed by atoms with Crippen molar-refractivity contribution in [2.45, 2.75) is 19.5 Å². The van der Waals surface area contributed by atoms with Gasteiger partial charge in [-0.05, 0) is 31.0 Å². The first kappa shape index (κ1) is 17.1. The molecule has 0 aliphatic rings. The van der Waals surface area contributed by atoms with Crippen LogP contribution in [0.2, 0.25) is 5.02 Å². The highest BCUT2D eigenvalue weighted by atomic mass is 35.5. The Morgan fingerprint density at radius 3 is 2.61 bits per heavy atom. The van der Waals surface area contributed by atoms with Crippen molar-refractivity contribution in [3.8, 4) is 17.4 Å². The van der Waals surface area contributed by atoms with Crippen molar-refractivity contribution < 1.29 is 23.0 Å². The summed E-state index contributed by atoms with van der Waals surface area (Å²) in [5.74, 6) is 0.0314. The molecule has 0 radical (unpaired) electrons. The standard InChI is InChI=1S/C16H13ClF3NO2/c1-9(2)5-10-3-4-12(22)7-14(10)23-15-13(17)6-11(8-21-15)16(18,19)20/h3-4,6-8,22H,1,5H2,2H3. The fourth-order valence-electron chi connectivity index (χ4n) is 1.87. The first-order chi connectivity index (χ1) is 10.7. The van der Waals surface area contributed by atoms with E-state index in [2.05, 4.69) is 11.6 Å².